The first kappa shape index (κ1) is 10.1. The van der Waals surface area contributed by atoms with Gasteiger partial charge in [-0.1, -0.05) is 0 Å². The lowest BCUT2D eigenvalue weighted by Crippen LogP contribution is -2.41. The molecule has 1 fully saturated rings. The van der Waals surface area contributed by atoms with E-state index in [1.807, 2.05) is 0 Å². The van der Waals surface area contributed by atoms with Crippen LogP contribution in [-0.4, -0.2) is 37.2 Å². The molecule has 2 N–H and O–H groups in total. The molecule has 0 aromatic heterocycles. The van der Waals surface area contributed by atoms with Crippen LogP contribution in [0.1, 0.15) is 6.42 Å². The molecule has 0 amide bonds. The average Bonchev–Trinajstić information content (AvgIpc) is 2.35. The summed E-state index contributed by atoms with van der Waals surface area (Å²) in [6.45, 7) is 0. The molecule has 1 rings (SSSR count). The van der Waals surface area contributed by atoms with Crippen molar-refractivity contribution in [1.82, 2.24) is 9.44 Å². The molecular formula is C5H12N2O3S2. The van der Waals surface area contributed by atoms with Crippen LogP contribution in [0.5, 0.6) is 0 Å². The van der Waals surface area contributed by atoms with Gasteiger partial charge in [0.2, 0.25) is 0 Å². The molecule has 1 saturated heterocycles. The van der Waals surface area contributed by atoms with Crippen molar-refractivity contribution >= 4 is 21.0 Å². The predicted octanol–water partition coefficient (Wildman–Crippen LogP) is -1.44. The van der Waals surface area contributed by atoms with Crippen LogP contribution in [-0.2, 0) is 21.0 Å². The molecular weight excluding hydrogens is 200 g/mol. The molecule has 0 saturated carbocycles. The first-order valence-corrected chi connectivity index (χ1v) is 6.56. The van der Waals surface area contributed by atoms with Crippen molar-refractivity contribution in [1.29, 1.82) is 0 Å². The maximum absolute atomic E-state index is 10.9. The maximum atomic E-state index is 10.9. The molecule has 0 aromatic carbocycles. The first-order chi connectivity index (χ1) is 5.53. The summed E-state index contributed by atoms with van der Waals surface area (Å²) in [6, 6.07) is -0.164. The molecule has 12 heavy (non-hydrogen) atoms. The topological polar surface area (TPSA) is 75.3 Å². The van der Waals surface area contributed by atoms with Crippen LogP contribution in [0, 0.1) is 0 Å². The van der Waals surface area contributed by atoms with Gasteiger partial charge < -0.3 is 0 Å². The van der Waals surface area contributed by atoms with Gasteiger partial charge in [-0.3, -0.25) is 4.21 Å². The van der Waals surface area contributed by atoms with Crippen LogP contribution >= 0.6 is 0 Å². The minimum atomic E-state index is -3.36. The zero-order chi connectivity index (χ0) is 9.19. The number of nitrogens with one attached hydrogen (secondary N) is 2. The third kappa shape index (κ3) is 2.81. The maximum Gasteiger partial charge on any atom is 0.276 e. The van der Waals surface area contributed by atoms with Crippen molar-refractivity contribution in [3.8, 4) is 0 Å². The zero-order valence-corrected chi connectivity index (χ0v) is 8.37. The molecule has 5 nitrogen and oxygen atoms in total. The van der Waals surface area contributed by atoms with Gasteiger partial charge in [-0.15, -0.1) is 0 Å². The Hall–Kier alpha value is 0.0200. The highest BCUT2D eigenvalue weighted by atomic mass is 32.2. The Morgan fingerprint density at radius 3 is 2.58 bits per heavy atom. The van der Waals surface area contributed by atoms with Crippen LogP contribution < -0.4 is 9.44 Å². The van der Waals surface area contributed by atoms with Gasteiger partial charge in [0.15, 0.2) is 0 Å². The smallest absolute Gasteiger partial charge is 0.260 e. The van der Waals surface area contributed by atoms with E-state index in [1.165, 1.54) is 7.05 Å². The minimum absolute atomic E-state index is 0.164. The van der Waals surface area contributed by atoms with Crippen LogP contribution in [0.4, 0.5) is 0 Å². The fraction of sp³-hybridized carbons (Fsp3) is 1.00. The molecule has 7 heteroatoms. The van der Waals surface area contributed by atoms with Crippen LogP contribution in [0.2, 0.25) is 0 Å². The Bertz CT molecular complexity index is 274. The quantitative estimate of drug-likeness (QED) is 0.602. The number of hydrogen-bond donors (Lipinski definition) is 2. The second-order valence-corrected chi connectivity index (χ2v) is 5.89. The van der Waals surface area contributed by atoms with Gasteiger partial charge in [0.1, 0.15) is 0 Å². The highest BCUT2D eigenvalue weighted by Crippen LogP contribution is 2.07. The fourth-order valence-electron chi connectivity index (χ4n) is 1.04. The van der Waals surface area contributed by atoms with Crippen molar-refractivity contribution in [2.75, 3.05) is 18.6 Å². The molecule has 0 aromatic rings. The van der Waals surface area contributed by atoms with E-state index in [2.05, 4.69) is 9.44 Å². The Kier molecular flexibility index (Phi) is 3.22. The highest BCUT2D eigenvalue weighted by Gasteiger charge is 2.24. The van der Waals surface area contributed by atoms with E-state index in [1.54, 1.807) is 0 Å². The van der Waals surface area contributed by atoms with Gasteiger partial charge in [0.25, 0.3) is 10.2 Å². The Morgan fingerprint density at radius 1 is 1.50 bits per heavy atom. The van der Waals surface area contributed by atoms with Gasteiger partial charge in [-0.25, -0.2) is 4.72 Å². The van der Waals surface area contributed by atoms with E-state index in [4.69, 9.17) is 0 Å². The van der Waals surface area contributed by atoms with Crippen molar-refractivity contribution in [3.63, 3.8) is 0 Å². The van der Waals surface area contributed by atoms with E-state index in [0.717, 1.165) is 0 Å². The molecule has 2 unspecified atom stereocenters. The lowest BCUT2D eigenvalue weighted by atomic mass is 10.3. The van der Waals surface area contributed by atoms with Crippen LogP contribution in [0.3, 0.4) is 0 Å². The summed E-state index contributed by atoms with van der Waals surface area (Å²) in [5.74, 6) is 1.03. The molecule has 1 aliphatic rings. The number of hydrogen-bond acceptors (Lipinski definition) is 3. The van der Waals surface area contributed by atoms with Crippen LogP contribution in [0.15, 0.2) is 0 Å². The Labute approximate surface area is 74.6 Å². The summed E-state index contributed by atoms with van der Waals surface area (Å²) < 4.78 is 37.3. The summed E-state index contributed by atoms with van der Waals surface area (Å²) in [5.41, 5.74) is 0. The summed E-state index contributed by atoms with van der Waals surface area (Å²) >= 11 is 0. The molecule has 72 valence electrons. The SMILES string of the molecule is CNS(=O)(=O)NC1CCS(=O)C1. The van der Waals surface area contributed by atoms with Crippen LogP contribution in [0.25, 0.3) is 0 Å². The predicted molar refractivity (Wildman–Crippen MR) is 47.4 cm³/mol. The van der Waals surface area contributed by atoms with Crippen molar-refractivity contribution in [2.45, 2.75) is 12.5 Å². The lowest BCUT2D eigenvalue weighted by Gasteiger charge is -2.09. The van der Waals surface area contributed by atoms with Gasteiger partial charge >= 0.3 is 0 Å². The van der Waals surface area contributed by atoms with Crippen molar-refractivity contribution in [2.24, 2.45) is 0 Å². The standard InChI is InChI=1S/C5H12N2O3S2/c1-6-12(9,10)7-5-2-3-11(8)4-5/h5-7H,2-4H2,1H3. The Balaban J connectivity index is 2.48. The summed E-state index contributed by atoms with van der Waals surface area (Å²) in [6.07, 6.45) is 0.660. The summed E-state index contributed by atoms with van der Waals surface area (Å²) in [4.78, 5) is 0. The molecule has 1 aliphatic heterocycles. The monoisotopic (exact) mass is 212 g/mol. The third-order valence-corrected chi connectivity index (χ3v) is 4.32. The first-order valence-electron chi connectivity index (χ1n) is 3.59. The molecule has 0 radical (unpaired) electrons. The van der Waals surface area contributed by atoms with Gasteiger partial charge in [-0.05, 0) is 6.42 Å². The minimum Gasteiger partial charge on any atom is -0.260 e. The Morgan fingerprint density at radius 2 is 2.17 bits per heavy atom. The van der Waals surface area contributed by atoms with Gasteiger partial charge in [0.05, 0.1) is 0 Å². The largest absolute Gasteiger partial charge is 0.276 e. The summed E-state index contributed by atoms with van der Waals surface area (Å²) in [5, 5.41) is 0. The zero-order valence-electron chi connectivity index (χ0n) is 6.74. The normalized spacial score (nSPS) is 30.8. The van der Waals surface area contributed by atoms with E-state index in [-0.39, 0.29) is 6.04 Å². The lowest BCUT2D eigenvalue weighted by molar-refractivity contribution is 0.555. The van der Waals surface area contributed by atoms with E-state index >= 15 is 0 Å². The second kappa shape index (κ2) is 3.82. The fourth-order valence-corrected chi connectivity index (χ4v) is 3.31. The summed E-state index contributed by atoms with van der Waals surface area (Å²) in [7, 11) is -2.86. The molecule has 0 spiro atoms. The second-order valence-electron chi connectivity index (χ2n) is 2.62. The number of rotatable bonds is 3. The molecule has 0 bridgehead atoms. The molecule has 1 heterocycles. The van der Waals surface area contributed by atoms with Crippen molar-refractivity contribution < 1.29 is 12.6 Å². The van der Waals surface area contributed by atoms with E-state index in [0.29, 0.717) is 17.9 Å². The van der Waals surface area contributed by atoms with E-state index < -0.39 is 21.0 Å². The van der Waals surface area contributed by atoms with Crippen molar-refractivity contribution in [3.05, 3.63) is 0 Å². The van der Waals surface area contributed by atoms with E-state index in [9.17, 15) is 12.6 Å². The average molecular weight is 212 g/mol. The molecule has 0 aliphatic carbocycles. The van der Waals surface area contributed by atoms with Gasteiger partial charge in [0, 0.05) is 35.4 Å². The molecule has 2 atom stereocenters. The third-order valence-electron chi connectivity index (χ3n) is 1.67. The highest BCUT2D eigenvalue weighted by molar-refractivity contribution is 7.87. The van der Waals surface area contributed by atoms with Gasteiger partial charge in [-0.2, -0.15) is 13.1 Å².